The van der Waals surface area contributed by atoms with Crippen molar-refractivity contribution in [1.29, 1.82) is 0 Å². The lowest BCUT2D eigenvalue weighted by Gasteiger charge is -2.17. The van der Waals surface area contributed by atoms with Gasteiger partial charge in [-0.2, -0.15) is 0 Å². The Bertz CT molecular complexity index is 616. The molecule has 20 heavy (non-hydrogen) atoms. The number of hydrogen-bond acceptors (Lipinski definition) is 4. The zero-order valence-electron chi connectivity index (χ0n) is 11.7. The molecule has 2 aromatic heterocycles. The van der Waals surface area contributed by atoms with Crippen LogP contribution in [0.25, 0.3) is 0 Å². The Morgan fingerprint density at radius 2 is 2.10 bits per heavy atom. The van der Waals surface area contributed by atoms with Gasteiger partial charge in [0, 0.05) is 30.9 Å². The molecule has 104 valence electrons. The van der Waals surface area contributed by atoms with Crippen LogP contribution < -0.4 is 4.90 Å². The molecule has 2 aromatic rings. The van der Waals surface area contributed by atoms with E-state index in [0.717, 1.165) is 31.0 Å². The van der Waals surface area contributed by atoms with Gasteiger partial charge in [-0.3, -0.25) is 0 Å². The van der Waals surface area contributed by atoms with Gasteiger partial charge in [-0.25, -0.2) is 9.67 Å². The second-order valence-corrected chi connectivity index (χ2v) is 5.92. The summed E-state index contributed by atoms with van der Waals surface area (Å²) in [5, 5.41) is 8.64. The minimum atomic E-state index is 0.428. The summed E-state index contributed by atoms with van der Waals surface area (Å²) in [6, 6.07) is 6.63. The number of hydrogen-bond donors (Lipinski definition) is 0. The molecule has 3 heterocycles. The monoisotopic (exact) mass is 269 g/mol. The van der Waals surface area contributed by atoms with Crippen molar-refractivity contribution in [3.05, 3.63) is 35.8 Å². The summed E-state index contributed by atoms with van der Waals surface area (Å²) < 4.78 is 2.06. The molecule has 0 radical (unpaired) electrons. The van der Waals surface area contributed by atoms with E-state index in [1.54, 1.807) is 0 Å². The van der Waals surface area contributed by atoms with Crippen molar-refractivity contribution in [3.63, 3.8) is 0 Å². The number of nitrogens with zero attached hydrogens (tertiary/aromatic N) is 5. The number of aryl methyl sites for hydroxylation is 1. The summed E-state index contributed by atoms with van der Waals surface area (Å²) in [7, 11) is 0. The van der Waals surface area contributed by atoms with Gasteiger partial charge in [0.2, 0.25) is 0 Å². The van der Waals surface area contributed by atoms with Gasteiger partial charge in [-0.15, -0.1) is 5.10 Å². The third-order valence-electron chi connectivity index (χ3n) is 4.26. The summed E-state index contributed by atoms with van der Waals surface area (Å²) in [5.41, 5.74) is 2.25. The van der Waals surface area contributed by atoms with Crippen LogP contribution in [0, 0.1) is 6.92 Å². The van der Waals surface area contributed by atoms with Crippen molar-refractivity contribution < 1.29 is 0 Å². The summed E-state index contributed by atoms with van der Waals surface area (Å²) >= 11 is 0. The van der Waals surface area contributed by atoms with Crippen LogP contribution in [0.5, 0.6) is 0 Å². The van der Waals surface area contributed by atoms with Gasteiger partial charge < -0.3 is 4.90 Å². The molecule has 1 saturated heterocycles. The zero-order chi connectivity index (χ0) is 13.5. The van der Waals surface area contributed by atoms with Crippen molar-refractivity contribution in [3.8, 4) is 0 Å². The zero-order valence-corrected chi connectivity index (χ0v) is 11.7. The summed E-state index contributed by atoms with van der Waals surface area (Å²) in [6.07, 6.45) is 5.82. The fraction of sp³-hybridized carbons (Fsp3) is 0.533. The molecule has 0 bridgehead atoms. The maximum atomic E-state index is 4.61. The second kappa shape index (κ2) is 4.58. The largest absolute Gasteiger partial charge is 0.354 e. The third kappa shape index (κ3) is 2.17. The predicted molar refractivity (Wildman–Crippen MR) is 76.8 cm³/mol. The molecule has 1 atom stereocenters. The first-order valence-corrected chi connectivity index (χ1v) is 7.40. The first-order chi connectivity index (χ1) is 9.79. The molecule has 0 aromatic carbocycles. The van der Waals surface area contributed by atoms with E-state index in [9.17, 15) is 0 Å². The molecule has 4 rings (SSSR count). The molecule has 0 N–H and O–H groups in total. The Balaban J connectivity index is 1.49. The molecular formula is C15H19N5. The van der Waals surface area contributed by atoms with E-state index in [4.69, 9.17) is 0 Å². The van der Waals surface area contributed by atoms with Gasteiger partial charge in [0.1, 0.15) is 5.82 Å². The maximum absolute atomic E-state index is 4.61. The number of rotatable bonds is 3. The van der Waals surface area contributed by atoms with Crippen LogP contribution in [0.15, 0.2) is 24.4 Å². The van der Waals surface area contributed by atoms with Crippen LogP contribution in [0.4, 0.5) is 5.82 Å². The number of aromatic nitrogens is 4. The van der Waals surface area contributed by atoms with Crippen molar-refractivity contribution in [1.82, 2.24) is 20.0 Å². The van der Waals surface area contributed by atoms with E-state index in [2.05, 4.69) is 43.2 Å². The van der Waals surface area contributed by atoms with Gasteiger partial charge in [-0.1, -0.05) is 11.3 Å². The number of pyridine rings is 1. The quantitative estimate of drug-likeness (QED) is 0.858. The van der Waals surface area contributed by atoms with E-state index in [0.29, 0.717) is 12.0 Å². The molecule has 0 amide bonds. The summed E-state index contributed by atoms with van der Waals surface area (Å²) in [4.78, 5) is 6.95. The molecule has 1 aliphatic carbocycles. The van der Waals surface area contributed by atoms with Gasteiger partial charge in [0.15, 0.2) is 0 Å². The van der Waals surface area contributed by atoms with Gasteiger partial charge in [-0.05, 0) is 38.3 Å². The van der Waals surface area contributed by atoms with Crippen molar-refractivity contribution in [2.24, 2.45) is 0 Å². The van der Waals surface area contributed by atoms with Crippen LogP contribution >= 0.6 is 0 Å². The normalized spacial score (nSPS) is 22.4. The molecule has 2 fully saturated rings. The minimum Gasteiger partial charge on any atom is -0.354 e. The van der Waals surface area contributed by atoms with Crippen LogP contribution in [0.3, 0.4) is 0 Å². The lowest BCUT2D eigenvalue weighted by Crippen LogP contribution is -2.22. The highest BCUT2D eigenvalue weighted by Crippen LogP contribution is 2.39. The molecule has 0 spiro atoms. The highest BCUT2D eigenvalue weighted by Gasteiger charge is 2.30. The molecule has 1 aliphatic heterocycles. The topological polar surface area (TPSA) is 46.8 Å². The standard InChI is InChI=1S/C15H19N5/c1-11-3-2-4-15(16-11)19-8-7-13(9-19)20-10-14(17-18-20)12-5-6-12/h2-4,10,12-13H,5-9H2,1H3. The number of anilines is 1. The van der Waals surface area contributed by atoms with Crippen LogP contribution in [0.2, 0.25) is 0 Å². The highest BCUT2D eigenvalue weighted by atomic mass is 15.4. The fourth-order valence-corrected chi connectivity index (χ4v) is 2.91. The van der Waals surface area contributed by atoms with Gasteiger partial charge >= 0.3 is 0 Å². The third-order valence-corrected chi connectivity index (χ3v) is 4.26. The van der Waals surface area contributed by atoms with E-state index < -0.39 is 0 Å². The molecule has 5 nitrogen and oxygen atoms in total. The van der Waals surface area contributed by atoms with Crippen molar-refractivity contribution in [2.45, 2.75) is 38.1 Å². The van der Waals surface area contributed by atoms with Crippen LogP contribution in [-0.2, 0) is 0 Å². The Morgan fingerprint density at radius 1 is 1.20 bits per heavy atom. The van der Waals surface area contributed by atoms with Crippen molar-refractivity contribution in [2.75, 3.05) is 18.0 Å². The predicted octanol–water partition coefficient (Wildman–Crippen LogP) is 2.31. The van der Waals surface area contributed by atoms with Crippen LogP contribution in [-0.4, -0.2) is 33.1 Å². The first kappa shape index (κ1) is 11.9. The fourth-order valence-electron chi connectivity index (χ4n) is 2.91. The summed E-state index contributed by atoms with van der Waals surface area (Å²) in [6.45, 7) is 4.06. The Morgan fingerprint density at radius 3 is 2.90 bits per heavy atom. The Hall–Kier alpha value is -1.91. The second-order valence-electron chi connectivity index (χ2n) is 5.92. The molecule has 5 heteroatoms. The Kier molecular flexibility index (Phi) is 2.72. The Labute approximate surface area is 118 Å². The minimum absolute atomic E-state index is 0.428. The molecular weight excluding hydrogens is 250 g/mol. The van der Waals surface area contributed by atoms with E-state index in [1.165, 1.54) is 18.5 Å². The average molecular weight is 269 g/mol. The van der Waals surface area contributed by atoms with E-state index >= 15 is 0 Å². The first-order valence-electron chi connectivity index (χ1n) is 7.40. The highest BCUT2D eigenvalue weighted by molar-refractivity contribution is 5.40. The van der Waals surface area contributed by atoms with Crippen LogP contribution in [0.1, 0.15) is 42.6 Å². The molecule has 1 unspecified atom stereocenters. The lowest BCUT2D eigenvalue weighted by molar-refractivity contribution is 0.479. The lowest BCUT2D eigenvalue weighted by atomic mass is 10.2. The SMILES string of the molecule is Cc1cccc(N2CCC(n3cc(C4CC4)nn3)C2)n1. The molecule has 2 aliphatic rings. The van der Waals surface area contributed by atoms with Gasteiger partial charge in [0.25, 0.3) is 0 Å². The molecule has 1 saturated carbocycles. The maximum Gasteiger partial charge on any atom is 0.128 e. The average Bonchev–Trinajstić information content (AvgIpc) is 3.01. The van der Waals surface area contributed by atoms with Gasteiger partial charge in [0.05, 0.1) is 11.7 Å². The van der Waals surface area contributed by atoms with Crippen molar-refractivity contribution >= 4 is 5.82 Å². The van der Waals surface area contributed by atoms with E-state index in [1.807, 2.05) is 13.0 Å². The van der Waals surface area contributed by atoms with E-state index in [-0.39, 0.29) is 0 Å². The summed E-state index contributed by atoms with van der Waals surface area (Å²) in [5.74, 6) is 1.76. The smallest absolute Gasteiger partial charge is 0.128 e.